The van der Waals surface area contributed by atoms with Crippen molar-refractivity contribution in [3.63, 3.8) is 0 Å². The summed E-state index contributed by atoms with van der Waals surface area (Å²) in [7, 11) is 0. The van der Waals surface area contributed by atoms with E-state index in [-0.39, 0.29) is 52.6 Å². The Morgan fingerprint density at radius 2 is 2.00 bits per heavy atom. The van der Waals surface area contributed by atoms with E-state index in [9.17, 15) is 23.6 Å². The zero-order valence-corrected chi connectivity index (χ0v) is 19.6. The number of rotatable bonds is 7. The first-order chi connectivity index (χ1) is 16.7. The molecule has 0 bridgehead atoms. The first-order valence-corrected chi connectivity index (χ1v) is 11.3. The number of nitrogens with zero attached hydrogens (tertiary/aromatic N) is 2. The molecule has 35 heavy (non-hydrogen) atoms. The van der Waals surface area contributed by atoms with Gasteiger partial charge in [0.05, 0.1) is 18.2 Å². The standard InChI is InChI=1S/C25H23ClF3N3O3/c1-2-21(27)20-6-4-3-5-7-32(14-17-10-16(23(28)29)13-31-24(17)33)25(34)22(20)35-19-9-15(12-30)8-18(26)11-19/h5,7-11,13,21,23H,2-4,6,14H2,1H3,(H,31,33). The smallest absolute Gasteiger partial charge is 0.293 e. The second-order valence-corrected chi connectivity index (χ2v) is 8.35. The maximum absolute atomic E-state index is 15.0. The fraction of sp³-hybridized carbons (Fsp3) is 0.320. The van der Waals surface area contributed by atoms with Gasteiger partial charge >= 0.3 is 0 Å². The van der Waals surface area contributed by atoms with Crippen molar-refractivity contribution in [1.82, 2.24) is 9.88 Å². The third-order valence-corrected chi connectivity index (χ3v) is 5.62. The number of benzene rings is 1. The third-order valence-electron chi connectivity index (χ3n) is 5.40. The number of nitrogens with one attached hydrogen (secondary N) is 1. The number of ether oxygens (including phenoxy) is 1. The highest BCUT2D eigenvalue weighted by molar-refractivity contribution is 6.30. The molecule has 1 aliphatic rings. The van der Waals surface area contributed by atoms with Gasteiger partial charge in [-0.3, -0.25) is 9.59 Å². The maximum atomic E-state index is 15.0. The van der Waals surface area contributed by atoms with Crippen molar-refractivity contribution in [2.24, 2.45) is 0 Å². The first-order valence-electron chi connectivity index (χ1n) is 11.0. The third kappa shape index (κ3) is 6.55. The van der Waals surface area contributed by atoms with Gasteiger partial charge in [-0.05, 0) is 49.9 Å². The monoisotopic (exact) mass is 505 g/mol. The molecule has 2 aromatic rings. The topological polar surface area (TPSA) is 86.2 Å². The molecule has 1 aromatic carbocycles. The number of H-pyrrole nitrogens is 1. The van der Waals surface area contributed by atoms with Crippen molar-refractivity contribution in [2.45, 2.75) is 51.7 Å². The lowest BCUT2D eigenvalue weighted by Gasteiger charge is -2.23. The van der Waals surface area contributed by atoms with Gasteiger partial charge in [-0.25, -0.2) is 13.2 Å². The Labute approximate surface area is 205 Å². The number of hydrogen-bond acceptors (Lipinski definition) is 4. The Balaban J connectivity index is 2.08. The lowest BCUT2D eigenvalue weighted by atomic mass is 10.0. The molecule has 0 saturated carbocycles. The number of aromatic nitrogens is 1. The van der Waals surface area contributed by atoms with Gasteiger partial charge in [0, 0.05) is 34.1 Å². The van der Waals surface area contributed by atoms with Crippen LogP contribution in [0.2, 0.25) is 5.02 Å². The fourth-order valence-electron chi connectivity index (χ4n) is 3.62. The molecular formula is C25H23ClF3N3O3. The number of hydrogen-bond donors (Lipinski definition) is 1. The molecule has 1 unspecified atom stereocenters. The lowest BCUT2D eigenvalue weighted by Crippen LogP contribution is -2.32. The number of pyridine rings is 1. The SMILES string of the molecule is CCC(F)C1=C(Oc2cc(Cl)cc(C#N)c2)C(=O)N(Cc2cc(C(F)F)c[nH]c2=O)C=CCCC1. The summed E-state index contributed by atoms with van der Waals surface area (Å²) >= 11 is 6.06. The zero-order chi connectivity index (χ0) is 25.5. The summed E-state index contributed by atoms with van der Waals surface area (Å²) in [5.41, 5.74) is -0.773. The van der Waals surface area contributed by atoms with E-state index in [4.69, 9.17) is 16.3 Å². The number of nitriles is 1. The van der Waals surface area contributed by atoms with Crippen LogP contribution in [0.1, 0.15) is 55.7 Å². The highest BCUT2D eigenvalue weighted by atomic mass is 35.5. The molecule has 6 nitrogen and oxygen atoms in total. The number of alkyl halides is 3. The van der Waals surface area contributed by atoms with Gasteiger partial charge in [-0.1, -0.05) is 24.6 Å². The Morgan fingerprint density at radius 1 is 1.23 bits per heavy atom. The zero-order valence-electron chi connectivity index (χ0n) is 18.9. The van der Waals surface area contributed by atoms with Gasteiger partial charge in [0.15, 0.2) is 5.76 Å². The molecule has 0 fully saturated rings. The highest BCUT2D eigenvalue weighted by Gasteiger charge is 2.28. The van der Waals surface area contributed by atoms with Crippen LogP contribution < -0.4 is 10.3 Å². The quantitative estimate of drug-likeness (QED) is 0.504. The number of amides is 1. The molecule has 1 aromatic heterocycles. The number of aromatic amines is 1. The van der Waals surface area contributed by atoms with E-state index < -0.39 is 29.6 Å². The van der Waals surface area contributed by atoms with E-state index in [1.807, 2.05) is 6.07 Å². The predicted octanol–water partition coefficient (Wildman–Crippen LogP) is 5.94. The molecule has 2 heterocycles. The molecule has 0 aliphatic carbocycles. The van der Waals surface area contributed by atoms with Crippen LogP contribution in [-0.2, 0) is 11.3 Å². The summed E-state index contributed by atoms with van der Waals surface area (Å²) in [6, 6.07) is 7.14. The van der Waals surface area contributed by atoms with Crippen molar-refractivity contribution >= 4 is 17.5 Å². The molecule has 0 spiro atoms. The van der Waals surface area contributed by atoms with Gasteiger partial charge in [0.1, 0.15) is 11.9 Å². The molecule has 0 radical (unpaired) electrons. The molecular weight excluding hydrogens is 483 g/mol. The average molecular weight is 506 g/mol. The van der Waals surface area contributed by atoms with E-state index in [1.165, 1.54) is 24.4 Å². The van der Waals surface area contributed by atoms with Gasteiger partial charge < -0.3 is 14.6 Å². The Bertz CT molecular complexity index is 1250. The first kappa shape index (κ1) is 26.1. The van der Waals surface area contributed by atoms with Crippen LogP contribution in [-0.4, -0.2) is 22.0 Å². The molecule has 0 saturated heterocycles. The number of carbonyl (C=O) groups excluding carboxylic acids is 1. The minimum Gasteiger partial charge on any atom is -0.451 e. The van der Waals surface area contributed by atoms with Crippen molar-refractivity contribution in [3.8, 4) is 11.8 Å². The molecule has 3 rings (SSSR count). The van der Waals surface area contributed by atoms with Gasteiger partial charge in [0.2, 0.25) is 0 Å². The van der Waals surface area contributed by atoms with Crippen molar-refractivity contribution < 1.29 is 22.7 Å². The maximum Gasteiger partial charge on any atom is 0.293 e. The Morgan fingerprint density at radius 3 is 2.69 bits per heavy atom. The van der Waals surface area contributed by atoms with Crippen LogP contribution >= 0.6 is 11.6 Å². The Hall–Kier alpha value is -3.51. The highest BCUT2D eigenvalue weighted by Crippen LogP contribution is 2.30. The van der Waals surface area contributed by atoms with Crippen LogP contribution in [0.25, 0.3) is 0 Å². The summed E-state index contributed by atoms with van der Waals surface area (Å²) in [6.07, 6.45) is 1.12. The minimum atomic E-state index is -2.81. The van der Waals surface area contributed by atoms with Crippen molar-refractivity contribution in [2.75, 3.05) is 0 Å². The van der Waals surface area contributed by atoms with Crippen LogP contribution in [0.3, 0.4) is 0 Å². The van der Waals surface area contributed by atoms with E-state index in [0.29, 0.717) is 12.8 Å². The fourth-order valence-corrected chi connectivity index (χ4v) is 3.85. The van der Waals surface area contributed by atoms with Crippen molar-refractivity contribution in [3.05, 3.63) is 86.1 Å². The second-order valence-electron chi connectivity index (χ2n) is 7.92. The summed E-state index contributed by atoms with van der Waals surface area (Å²) in [4.78, 5) is 29.3. The summed E-state index contributed by atoms with van der Waals surface area (Å²) in [5, 5.41) is 9.42. The number of carbonyl (C=O) groups is 1. The Kier molecular flexibility index (Phi) is 8.77. The predicted molar refractivity (Wildman–Crippen MR) is 125 cm³/mol. The van der Waals surface area contributed by atoms with Crippen LogP contribution in [0.15, 0.2) is 58.9 Å². The minimum absolute atomic E-state index is 0.0669. The van der Waals surface area contributed by atoms with E-state index in [2.05, 4.69) is 4.98 Å². The van der Waals surface area contributed by atoms with E-state index >= 15 is 4.39 Å². The van der Waals surface area contributed by atoms with E-state index in [1.54, 1.807) is 13.0 Å². The number of allylic oxidation sites excluding steroid dienone is 2. The van der Waals surface area contributed by atoms with E-state index in [0.717, 1.165) is 17.2 Å². The van der Waals surface area contributed by atoms with Gasteiger partial charge in [-0.2, -0.15) is 5.26 Å². The van der Waals surface area contributed by atoms with Crippen molar-refractivity contribution in [1.29, 1.82) is 5.26 Å². The lowest BCUT2D eigenvalue weighted by molar-refractivity contribution is -0.127. The normalized spacial score (nSPS) is 15.5. The molecule has 10 heteroatoms. The summed E-state index contributed by atoms with van der Waals surface area (Å²) in [5.74, 6) is -0.980. The molecule has 1 aliphatic heterocycles. The number of halogens is 4. The van der Waals surface area contributed by atoms with Gasteiger partial charge in [0.25, 0.3) is 17.9 Å². The molecule has 1 N–H and O–H groups in total. The van der Waals surface area contributed by atoms with Gasteiger partial charge in [-0.15, -0.1) is 0 Å². The largest absolute Gasteiger partial charge is 0.451 e. The van der Waals surface area contributed by atoms with Crippen LogP contribution in [0, 0.1) is 11.3 Å². The molecule has 1 atom stereocenters. The second kappa shape index (κ2) is 11.8. The average Bonchev–Trinajstić information content (AvgIpc) is 2.90. The molecule has 184 valence electrons. The summed E-state index contributed by atoms with van der Waals surface area (Å²) < 4.78 is 47.2. The summed E-state index contributed by atoms with van der Waals surface area (Å²) in [6.45, 7) is 1.29. The van der Waals surface area contributed by atoms with Crippen LogP contribution in [0.5, 0.6) is 5.75 Å². The van der Waals surface area contributed by atoms with Crippen LogP contribution in [0.4, 0.5) is 13.2 Å². The molecule has 1 amide bonds.